The Hall–Kier alpha value is -3.04. The van der Waals surface area contributed by atoms with Crippen molar-refractivity contribution in [1.29, 1.82) is 0 Å². The second-order valence-electron chi connectivity index (χ2n) is 8.67. The maximum Gasteiger partial charge on any atom is 0.256 e. The third-order valence-corrected chi connectivity index (χ3v) is 6.47. The van der Waals surface area contributed by atoms with Crippen LogP contribution in [-0.4, -0.2) is 72.3 Å². The molecule has 1 atom stereocenters. The third kappa shape index (κ3) is 4.99. The van der Waals surface area contributed by atoms with Crippen molar-refractivity contribution in [1.82, 2.24) is 19.9 Å². The predicted molar refractivity (Wildman–Crippen MR) is 126 cm³/mol. The molecule has 33 heavy (non-hydrogen) atoms. The standard InChI is InChI=1S/C24H29FN6O2/c25-20-15-27-24(31-10-12-33-13-11-31)29-22(20)26-7-9-30-8-3-5-18(16-30)21-14-17-4-1-2-6-19(17)23(32)28-21/h1-2,4,6,14-15,18H,3,5,7-13,16H2,(H,28,32)(H,26,27,29). The number of hydrogen-bond donors (Lipinski definition) is 2. The van der Waals surface area contributed by atoms with Crippen molar-refractivity contribution in [3.05, 3.63) is 58.4 Å². The molecule has 2 fully saturated rings. The van der Waals surface area contributed by atoms with E-state index >= 15 is 0 Å². The van der Waals surface area contributed by atoms with E-state index < -0.39 is 5.82 Å². The predicted octanol–water partition coefficient (Wildman–Crippen LogP) is 2.59. The molecule has 2 N–H and O–H groups in total. The van der Waals surface area contributed by atoms with Gasteiger partial charge in [0.05, 0.1) is 19.4 Å². The van der Waals surface area contributed by atoms with Gasteiger partial charge >= 0.3 is 0 Å². The fourth-order valence-electron chi connectivity index (χ4n) is 4.69. The number of H-pyrrole nitrogens is 1. The molecule has 2 saturated heterocycles. The zero-order valence-electron chi connectivity index (χ0n) is 18.6. The number of halogens is 1. The van der Waals surface area contributed by atoms with E-state index in [1.54, 1.807) is 0 Å². The average molecular weight is 453 g/mol. The normalized spacial score (nSPS) is 19.7. The van der Waals surface area contributed by atoms with Gasteiger partial charge in [-0.3, -0.25) is 4.79 Å². The first-order valence-electron chi connectivity index (χ1n) is 11.6. The Morgan fingerprint density at radius 3 is 2.94 bits per heavy atom. The van der Waals surface area contributed by atoms with Gasteiger partial charge in [-0.1, -0.05) is 18.2 Å². The van der Waals surface area contributed by atoms with E-state index in [9.17, 15) is 9.18 Å². The number of hydrogen-bond acceptors (Lipinski definition) is 7. The highest BCUT2D eigenvalue weighted by atomic mass is 19.1. The smallest absolute Gasteiger partial charge is 0.256 e. The number of nitrogens with zero attached hydrogens (tertiary/aromatic N) is 4. The zero-order valence-corrected chi connectivity index (χ0v) is 18.6. The van der Waals surface area contributed by atoms with Crippen molar-refractivity contribution >= 4 is 22.5 Å². The van der Waals surface area contributed by atoms with Crippen LogP contribution >= 0.6 is 0 Å². The summed E-state index contributed by atoms with van der Waals surface area (Å²) < 4.78 is 19.6. The van der Waals surface area contributed by atoms with Crippen LogP contribution in [0.4, 0.5) is 16.2 Å². The van der Waals surface area contributed by atoms with E-state index in [0.717, 1.165) is 48.9 Å². The van der Waals surface area contributed by atoms with E-state index in [1.165, 1.54) is 6.20 Å². The van der Waals surface area contributed by atoms with Crippen LogP contribution in [-0.2, 0) is 4.74 Å². The molecule has 0 amide bonds. The lowest BCUT2D eigenvalue weighted by Crippen LogP contribution is -2.38. The maximum absolute atomic E-state index is 14.3. The molecule has 2 aliphatic rings. The Bertz CT molecular complexity index is 1160. The fraction of sp³-hybridized carbons (Fsp3) is 0.458. The van der Waals surface area contributed by atoms with Crippen molar-refractivity contribution in [3.63, 3.8) is 0 Å². The Morgan fingerprint density at radius 2 is 2.06 bits per heavy atom. The molecule has 0 spiro atoms. The number of aromatic nitrogens is 3. The molecule has 9 heteroatoms. The lowest BCUT2D eigenvalue weighted by atomic mass is 9.93. The summed E-state index contributed by atoms with van der Waals surface area (Å²) in [6, 6.07) is 9.79. The van der Waals surface area contributed by atoms with Gasteiger partial charge in [0.15, 0.2) is 11.6 Å². The van der Waals surface area contributed by atoms with Crippen LogP contribution in [0.25, 0.3) is 10.8 Å². The SMILES string of the molecule is O=c1[nH]c(C2CCCN(CCNc3nc(N4CCOCC4)ncc3F)C2)cc2ccccc12. The number of likely N-dealkylation sites (tertiary alicyclic amines) is 1. The average Bonchev–Trinajstić information content (AvgIpc) is 2.86. The Kier molecular flexibility index (Phi) is 6.50. The molecular formula is C24H29FN6O2. The first kappa shape index (κ1) is 21.8. The second-order valence-corrected chi connectivity index (χ2v) is 8.67. The summed E-state index contributed by atoms with van der Waals surface area (Å²) in [5.74, 6) is 0.594. The summed E-state index contributed by atoms with van der Waals surface area (Å²) >= 11 is 0. The number of nitrogens with one attached hydrogen (secondary N) is 2. The minimum Gasteiger partial charge on any atom is -0.378 e. The van der Waals surface area contributed by atoms with E-state index in [-0.39, 0.29) is 17.3 Å². The Labute approximate surface area is 191 Å². The molecule has 2 aromatic heterocycles. The van der Waals surface area contributed by atoms with Gasteiger partial charge in [0, 0.05) is 49.7 Å². The molecule has 8 nitrogen and oxygen atoms in total. The van der Waals surface area contributed by atoms with E-state index in [2.05, 4.69) is 31.2 Å². The van der Waals surface area contributed by atoms with Crippen LogP contribution in [0, 0.1) is 5.82 Å². The number of benzene rings is 1. The van der Waals surface area contributed by atoms with Crippen molar-refractivity contribution in [2.75, 3.05) is 62.7 Å². The van der Waals surface area contributed by atoms with Crippen molar-refractivity contribution in [2.45, 2.75) is 18.8 Å². The van der Waals surface area contributed by atoms with Gasteiger partial charge in [0.2, 0.25) is 5.95 Å². The molecule has 174 valence electrons. The molecule has 0 saturated carbocycles. The molecule has 1 unspecified atom stereocenters. The number of fused-ring (bicyclic) bond motifs is 1. The van der Waals surface area contributed by atoms with E-state index in [4.69, 9.17) is 4.74 Å². The number of piperidine rings is 1. The number of ether oxygens (including phenoxy) is 1. The monoisotopic (exact) mass is 452 g/mol. The Balaban J connectivity index is 1.20. The topological polar surface area (TPSA) is 86.4 Å². The molecule has 5 rings (SSSR count). The maximum atomic E-state index is 14.3. The zero-order chi connectivity index (χ0) is 22.6. The molecule has 0 radical (unpaired) electrons. The van der Waals surface area contributed by atoms with Crippen molar-refractivity contribution < 1.29 is 9.13 Å². The van der Waals surface area contributed by atoms with Crippen molar-refractivity contribution in [2.24, 2.45) is 0 Å². The van der Waals surface area contributed by atoms with Crippen LogP contribution in [0.1, 0.15) is 24.5 Å². The Morgan fingerprint density at radius 1 is 1.21 bits per heavy atom. The van der Waals surface area contributed by atoms with Gasteiger partial charge in [-0.15, -0.1) is 0 Å². The largest absolute Gasteiger partial charge is 0.378 e. The molecule has 2 aliphatic heterocycles. The molecule has 0 aliphatic carbocycles. The van der Waals surface area contributed by atoms with Crippen LogP contribution in [0.3, 0.4) is 0 Å². The molecular weight excluding hydrogens is 423 g/mol. The van der Waals surface area contributed by atoms with E-state index in [0.29, 0.717) is 38.8 Å². The highest BCUT2D eigenvalue weighted by molar-refractivity contribution is 5.81. The highest BCUT2D eigenvalue weighted by Gasteiger charge is 2.23. The first-order chi connectivity index (χ1) is 16.2. The minimum atomic E-state index is -0.447. The van der Waals surface area contributed by atoms with Gasteiger partial charge in [-0.25, -0.2) is 9.37 Å². The highest BCUT2D eigenvalue weighted by Crippen LogP contribution is 2.26. The molecule has 0 bridgehead atoms. The van der Waals surface area contributed by atoms with Gasteiger partial charge in [0.25, 0.3) is 5.56 Å². The number of pyridine rings is 1. The van der Waals surface area contributed by atoms with Gasteiger partial charge < -0.3 is 24.8 Å². The second kappa shape index (κ2) is 9.84. The minimum absolute atomic E-state index is 0.0304. The van der Waals surface area contributed by atoms with Crippen molar-refractivity contribution in [3.8, 4) is 0 Å². The lowest BCUT2D eigenvalue weighted by molar-refractivity contribution is 0.122. The summed E-state index contributed by atoms with van der Waals surface area (Å²) in [7, 11) is 0. The number of morpholine rings is 1. The number of aromatic amines is 1. The van der Waals surface area contributed by atoms with E-state index in [1.807, 2.05) is 29.2 Å². The van der Waals surface area contributed by atoms with Crippen LogP contribution in [0.15, 0.2) is 41.3 Å². The number of anilines is 2. The van der Waals surface area contributed by atoms with Gasteiger partial charge in [-0.2, -0.15) is 4.98 Å². The fourth-order valence-corrected chi connectivity index (χ4v) is 4.69. The molecule has 4 heterocycles. The summed E-state index contributed by atoms with van der Waals surface area (Å²) in [5.41, 5.74) is 0.963. The quantitative estimate of drug-likeness (QED) is 0.595. The molecule has 1 aromatic carbocycles. The van der Waals surface area contributed by atoms with Gasteiger partial charge in [-0.05, 0) is 36.9 Å². The molecule has 3 aromatic rings. The van der Waals surface area contributed by atoms with Gasteiger partial charge in [0.1, 0.15) is 0 Å². The first-order valence-corrected chi connectivity index (χ1v) is 11.6. The van der Waals surface area contributed by atoms with Crippen LogP contribution < -0.4 is 15.8 Å². The lowest BCUT2D eigenvalue weighted by Gasteiger charge is -2.33. The summed E-state index contributed by atoms with van der Waals surface area (Å²) in [6.07, 6.45) is 3.33. The van der Waals surface area contributed by atoms with Crippen LogP contribution in [0.2, 0.25) is 0 Å². The number of rotatable bonds is 6. The summed E-state index contributed by atoms with van der Waals surface area (Å²) in [6.45, 7) is 5.86. The summed E-state index contributed by atoms with van der Waals surface area (Å²) in [4.78, 5) is 28.5. The van der Waals surface area contributed by atoms with Crippen LogP contribution in [0.5, 0.6) is 0 Å². The third-order valence-electron chi connectivity index (χ3n) is 6.47. The summed E-state index contributed by atoms with van der Waals surface area (Å²) in [5, 5.41) is 4.84.